The minimum absolute atomic E-state index is 0.203. The number of halogens is 4. The van der Waals surface area contributed by atoms with Gasteiger partial charge in [0.05, 0.1) is 32.9 Å². The highest BCUT2D eigenvalue weighted by Crippen LogP contribution is 2.38. The Bertz CT molecular complexity index is 1200. The van der Waals surface area contributed by atoms with Crippen LogP contribution in [0.5, 0.6) is 0 Å². The number of nitrogens with zero attached hydrogens (tertiary/aromatic N) is 2. The molecule has 0 saturated heterocycles. The van der Waals surface area contributed by atoms with Gasteiger partial charge in [-0.15, -0.1) is 0 Å². The maximum absolute atomic E-state index is 13.3. The molecule has 176 valence electrons. The van der Waals surface area contributed by atoms with Crippen LogP contribution in [0.3, 0.4) is 0 Å². The summed E-state index contributed by atoms with van der Waals surface area (Å²) in [6.07, 6.45) is -0.844. The van der Waals surface area contributed by atoms with E-state index in [1.165, 1.54) is 16.7 Å². The van der Waals surface area contributed by atoms with Gasteiger partial charge in [-0.25, -0.2) is 4.98 Å². The summed E-state index contributed by atoms with van der Waals surface area (Å²) in [4.78, 5) is 30.0. The predicted molar refractivity (Wildman–Crippen MR) is 126 cm³/mol. The fourth-order valence-corrected chi connectivity index (χ4v) is 4.39. The standard InChI is InChI=1S/C23H23ClF3N3O2S/c1-2-3-4-7-13-30-21(32)15-9-5-6-12-18(15)28-22(30)33-14-19(31)29-20-16(23(25,26)27)10-8-11-17(20)24/h5-6,8-12H,2-4,7,13-14H2,1H3,(H,29,31). The zero-order valence-electron chi connectivity index (χ0n) is 17.9. The highest BCUT2D eigenvalue weighted by Gasteiger charge is 2.34. The van der Waals surface area contributed by atoms with Crippen LogP contribution in [0.15, 0.2) is 52.4 Å². The highest BCUT2D eigenvalue weighted by molar-refractivity contribution is 7.99. The highest BCUT2D eigenvalue weighted by atomic mass is 35.5. The average molecular weight is 498 g/mol. The number of fused-ring (bicyclic) bond motifs is 1. The molecule has 0 aliphatic rings. The first kappa shape index (κ1) is 25.1. The molecule has 0 bridgehead atoms. The third-order valence-corrected chi connectivity index (χ3v) is 6.27. The van der Waals surface area contributed by atoms with E-state index in [0.29, 0.717) is 22.6 Å². The van der Waals surface area contributed by atoms with Gasteiger partial charge in [-0.1, -0.05) is 67.7 Å². The number of benzene rings is 2. The third-order valence-electron chi connectivity index (χ3n) is 4.98. The van der Waals surface area contributed by atoms with Crippen molar-refractivity contribution in [1.82, 2.24) is 9.55 Å². The quantitative estimate of drug-likeness (QED) is 0.212. The van der Waals surface area contributed by atoms with Gasteiger partial charge in [-0.3, -0.25) is 14.2 Å². The number of para-hydroxylation sites is 2. The Morgan fingerprint density at radius 1 is 1.12 bits per heavy atom. The molecule has 33 heavy (non-hydrogen) atoms. The summed E-state index contributed by atoms with van der Waals surface area (Å²) in [6, 6.07) is 10.2. The van der Waals surface area contributed by atoms with Crippen molar-refractivity contribution < 1.29 is 18.0 Å². The van der Waals surface area contributed by atoms with Crippen LogP contribution in [0.2, 0.25) is 5.02 Å². The number of carbonyl (C=O) groups excluding carboxylic acids is 1. The number of alkyl halides is 3. The van der Waals surface area contributed by atoms with Gasteiger partial charge in [0.1, 0.15) is 0 Å². The van der Waals surface area contributed by atoms with E-state index in [2.05, 4.69) is 17.2 Å². The number of aromatic nitrogens is 2. The van der Waals surface area contributed by atoms with Crippen molar-refractivity contribution in [3.8, 4) is 0 Å². The first-order chi connectivity index (χ1) is 15.7. The summed E-state index contributed by atoms with van der Waals surface area (Å²) in [6.45, 7) is 2.54. The number of anilines is 1. The number of nitrogens with one attached hydrogen (secondary N) is 1. The summed E-state index contributed by atoms with van der Waals surface area (Å²) in [5.41, 5.74) is -1.21. The summed E-state index contributed by atoms with van der Waals surface area (Å²) in [7, 11) is 0. The number of rotatable bonds is 9. The minimum Gasteiger partial charge on any atom is -0.324 e. The molecular weight excluding hydrogens is 475 g/mol. The van der Waals surface area contributed by atoms with Gasteiger partial charge < -0.3 is 5.32 Å². The molecule has 0 saturated carbocycles. The molecular formula is C23H23ClF3N3O2S. The molecule has 1 amide bonds. The monoisotopic (exact) mass is 497 g/mol. The fourth-order valence-electron chi connectivity index (χ4n) is 3.34. The summed E-state index contributed by atoms with van der Waals surface area (Å²) in [5, 5.41) is 2.88. The Labute approximate surface area is 198 Å². The Morgan fingerprint density at radius 3 is 2.61 bits per heavy atom. The Hall–Kier alpha value is -2.52. The zero-order valence-corrected chi connectivity index (χ0v) is 19.5. The summed E-state index contributed by atoms with van der Waals surface area (Å²) >= 11 is 6.91. The van der Waals surface area contributed by atoms with E-state index in [0.717, 1.165) is 43.5 Å². The minimum atomic E-state index is -4.67. The lowest BCUT2D eigenvalue weighted by molar-refractivity contribution is -0.137. The third kappa shape index (κ3) is 6.29. The van der Waals surface area contributed by atoms with E-state index in [1.807, 2.05) is 0 Å². The first-order valence-electron chi connectivity index (χ1n) is 10.5. The van der Waals surface area contributed by atoms with Crippen LogP contribution in [0.1, 0.15) is 38.2 Å². The molecule has 0 aliphatic carbocycles. The molecule has 0 radical (unpaired) electrons. The SMILES string of the molecule is CCCCCCn1c(SCC(=O)Nc2c(Cl)cccc2C(F)(F)F)nc2ccccc2c1=O. The smallest absolute Gasteiger partial charge is 0.324 e. The van der Waals surface area contributed by atoms with E-state index in [-0.39, 0.29) is 16.3 Å². The van der Waals surface area contributed by atoms with Crippen LogP contribution >= 0.6 is 23.4 Å². The van der Waals surface area contributed by atoms with Crippen molar-refractivity contribution in [2.45, 2.75) is 50.5 Å². The topological polar surface area (TPSA) is 64.0 Å². The maximum Gasteiger partial charge on any atom is 0.418 e. The van der Waals surface area contributed by atoms with Crippen molar-refractivity contribution in [3.63, 3.8) is 0 Å². The number of carbonyl (C=O) groups is 1. The van der Waals surface area contributed by atoms with Crippen LogP contribution in [0, 0.1) is 0 Å². The van der Waals surface area contributed by atoms with E-state index >= 15 is 0 Å². The van der Waals surface area contributed by atoms with Crippen molar-refractivity contribution in [3.05, 3.63) is 63.4 Å². The van der Waals surface area contributed by atoms with E-state index in [4.69, 9.17) is 11.6 Å². The summed E-state index contributed by atoms with van der Waals surface area (Å²) in [5.74, 6) is -0.916. The van der Waals surface area contributed by atoms with Crippen LogP contribution < -0.4 is 10.9 Å². The van der Waals surface area contributed by atoms with Crippen molar-refractivity contribution >= 4 is 45.9 Å². The number of unbranched alkanes of at least 4 members (excludes halogenated alkanes) is 3. The van der Waals surface area contributed by atoms with Gasteiger partial charge in [0.25, 0.3) is 5.56 Å². The number of amides is 1. The Kier molecular flexibility index (Phi) is 8.42. The molecule has 0 atom stereocenters. The molecule has 1 aromatic heterocycles. The van der Waals surface area contributed by atoms with Gasteiger partial charge >= 0.3 is 6.18 Å². The number of hydrogen-bond acceptors (Lipinski definition) is 4. The second-order valence-corrected chi connectivity index (χ2v) is 8.78. The fraction of sp³-hybridized carbons (Fsp3) is 0.348. The van der Waals surface area contributed by atoms with Crippen molar-refractivity contribution in [2.24, 2.45) is 0 Å². The molecule has 3 aromatic rings. The Morgan fingerprint density at radius 2 is 1.88 bits per heavy atom. The number of thioether (sulfide) groups is 1. The normalized spacial score (nSPS) is 11.7. The maximum atomic E-state index is 13.3. The van der Waals surface area contributed by atoms with E-state index in [9.17, 15) is 22.8 Å². The molecule has 2 aromatic carbocycles. The van der Waals surface area contributed by atoms with Crippen molar-refractivity contribution in [1.29, 1.82) is 0 Å². The molecule has 0 fully saturated rings. The van der Waals surface area contributed by atoms with Crippen LogP contribution in [0.4, 0.5) is 18.9 Å². The largest absolute Gasteiger partial charge is 0.418 e. The van der Waals surface area contributed by atoms with E-state index < -0.39 is 23.3 Å². The average Bonchev–Trinajstić information content (AvgIpc) is 2.77. The number of hydrogen-bond donors (Lipinski definition) is 1. The lowest BCUT2D eigenvalue weighted by Crippen LogP contribution is -2.24. The van der Waals surface area contributed by atoms with Crippen LogP contribution in [0.25, 0.3) is 10.9 Å². The summed E-state index contributed by atoms with van der Waals surface area (Å²) < 4.78 is 41.4. The lowest BCUT2D eigenvalue weighted by Gasteiger charge is -2.16. The molecule has 0 aliphatic heterocycles. The predicted octanol–water partition coefficient (Wildman–Crippen LogP) is 6.38. The molecule has 5 nitrogen and oxygen atoms in total. The van der Waals surface area contributed by atoms with Crippen LogP contribution in [-0.2, 0) is 17.5 Å². The second kappa shape index (κ2) is 11.1. The first-order valence-corrected chi connectivity index (χ1v) is 11.9. The van der Waals surface area contributed by atoms with Gasteiger partial charge in [0, 0.05) is 6.54 Å². The molecule has 0 spiro atoms. The molecule has 1 heterocycles. The second-order valence-electron chi connectivity index (χ2n) is 7.43. The van der Waals surface area contributed by atoms with Gasteiger partial charge in [0.2, 0.25) is 5.91 Å². The van der Waals surface area contributed by atoms with Gasteiger partial charge in [0.15, 0.2) is 5.16 Å². The lowest BCUT2D eigenvalue weighted by atomic mass is 10.1. The Balaban J connectivity index is 1.82. The van der Waals surface area contributed by atoms with Gasteiger partial charge in [-0.05, 0) is 30.7 Å². The molecule has 10 heteroatoms. The molecule has 0 unspecified atom stereocenters. The zero-order chi connectivity index (χ0) is 24.0. The van der Waals surface area contributed by atoms with Crippen LogP contribution in [-0.4, -0.2) is 21.2 Å². The van der Waals surface area contributed by atoms with E-state index in [1.54, 1.807) is 24.3 Å². The van der Waals surface area contributed by atoms with Crippen molar-refractivity contribution in [2.75, 3.05) is 11.1 Å². The molecule has 3 rings (SSSR count). The van der Waals surface area contributed by atoms with Gasteiger partial charge in [-0.2, -0.15) is 13.2 Å². The molecule has 1 N–H and O–H groups in total.